The zero-order valence-electron chi connectivity index (χ0n) is 12.3. The van der Waals surface area contributed by atoms with Gasteiger partial charge in [-0.25, -0.2) is 0 Å². The fraction of sp³-hybridized carbons (Fsp3) is 0.562. The molecule has 1 N–H and O–H groups in total. The van der Waals surface area contributed by atoms with E-state index in [-0.39, 0.29) is 5.91 Å². The third kappa shape index (κ3) is 2.87. The van der Waals surface area contributed by atoms with Gasteiger partial charge in [0.1, 0.15) is 5.75 Å². The summed E-state index contributed by atoms with van der Waals surface area (Å²) in [6.45, 7) is 1.88. The Bertz CT molecular complexity index is 529. The number of benzene rings is 1. The van der Waals surface area contributed by atoms with Crippen LogP contribution in [0.25, 0.3) is 0 Å². The monoisotopic (exact) mass is 308 g/mol. The lowest BCUT2D eigenvalue weighted by molar-refractivity contribution is 0.0708. The van der Waals surface area contributed by atoms with Crippen molar-refractivity contribution in [1.82, 2.24) is 10.2 Å². The van der Waals surface area contributed by atoms with Crippen molar-refractivity contribution in [2.24, 2.45) is 0 Å². The van der Waals surface area contributed by atoms with Gasteiger partial charge >= 0.3 is 0 Å². The molecule has 2 atom stereocenters. The molecule has 5 heteroatoms. The Morgan fingerprint density at radius 2 is 2.24 bits per heavy atom. The number of ether oxygens (including phenoxy) is 1. The van der Waals surface area contributed by atoms with Gasteiger partial charge in [0.15, 0.2) is 0 Å². The van der Waals surface area contributed by atoms with Gasteiger partial charge in [0.05, 0.1) is 12.7 Å². The quantitative estimate of drug-likeness (QED) is 0.933. The average Bonchev–Trinajstić information content (AvgIpc) is 3.16. The topological polar surface area (TPSA) is 41.6 Å². The summed E-state index contributed by atoms with van der Waals surface area (Å²) < 4.78 is 5.32. The molecule has 0 spiro atoms. The maximum absolute atomic E-state index is 12.9. The van der Waals surface area contributed by atoms with Crippen molar-refractivity contribution < 1.29 is 9.53 Å². The second-order valence-electron chi connectivity index (χ2n) is 5.76. The number of nitrogens with one attached hydrogen (secondary N) is 1. The largest absolute Gasteiger partial charge is 0.496 e. The highest BCUT2D eigenvalue weighted by molar-refractivity contribution is 6.31. The molecule has 2 unspecified atom stereocenters. The van der Waals surface area contributed by atoms with E-state index in [0.29, 0.717) is 28.4 Å². The van der Waals surface area contributed by atoms with Crippen LogP contribution >= 0.6 is 11.6 Å². The molecule has 0 aliphatic carbocycles. The van der Waals surface area contributed by atoms with Crippen molar-refractivity contribution in [2.45, 2.75) is 37.8 Å². The summed E-state index contributed by atoms with van der Waals surface area (Å²) in [7, 11) is 1.58. The summed E-state index contributed by atoms with van der Waals surface area (Å²) in [4.78, 5) is 14.9. The van der Waals surface area contributed by atoms with Crippen molar-refractivity contribution in [2.75, 3.05) is 20.2 Å². The lowest BCUT2D eigenvalue weighted by Crippen LogP contribution is -2.46. The lowest BCUT2D eigenvalue weighted by Gasteiger charge is -2.30. The molecule has 2 aliphatic rings. The summed E-state index contributed by atoms with van der Waals surface area (Å²) in [5, 5.41) is 4.09. The van der Waals surface area contributed by atoms with Crippen LogP contribution in [0.5, 0.6) is 5.75 Å². The SMILES string of the molecule is COc1ccc(Cl)cc1C(=O)N1CCCC1C1CCCN1. The van der Waals surface area contributed by atoms with Crippen LogP contribution in [0.2, 0.25) is 5.02 Å². The normalized spacial score (nSPS) is 25.3. The minimum absolute atomic E-state index is 0.0329. The van der Waals surface area contributed by atoms with Crippen LogP contribution in [0.3, 0.4) is 0 Å². The van der Waals surface area contributed by atoms with E-state index in [9.17, 15) is 4.79 Å². The number of carbonyl (C=O) groups excluding carboxylic acids is 1. The number of methoxy groups -OCH3 is 1. The second kappa shape index (κ2) is 6.24. The first-order chi connectivity index (χ1) is 10.2. The van der Waals surface area contributed by atoms with Crippen LogP contribution in [0, 0.1) is 0 Å². The van der Waals surface area contributed by atoms with Gasteiger partial charge < -0.3 is 15.0 Å². The van der Waals surface area contributed by atoms with Crippen molar-refractivity contribution in [3.05, 3.63) is 28.8 Å². The van der Waals surface area contributed by atoms with Gasteiger partial charge in [-0.05, 0) is 50.4 Å². The van der Waals surface area contributed by atoms with Crippen LogP contribution in [0.4, 0.5) is 0 Å². The second-order valence-corrected chi connectivity index (χ2v) is 6.19. The Hall–Kier alpha value is -1.26. The highest BCUT2D eigenvalue weighted by Crippen LogP contribution is 2.30. The maximum atomic E-state index is 12.9. The van der Waals surface area contributed by atoms with E-state index in [0.717, 1.165) is 32.4 Å². The van der Waals surface area contributed by atoms with Crippen molar-refractivity contribution in [1.29, 1.82) is 0 Å². The zero-order chi connectivity index (χ0) is 14.8. The van der Waals surface area contributed by atoms with Crippen LogP contribution in [0.1, 0.15) is 36.0 Å². The van der Waals surface area contributed by atoms with Crippen LogP contribution < -0.4 is 10.1 Å². The number of rotatable bonds is 3. The van der Waals surface area contributed by atoms with Gasteiger partial charge in [0, 0.05) is 23.7 Å². The lowest BCUT2D eigenvalue weighted by atomic mass is 10.0. The van der Waals surface area contributed by atoms with Crippen LogP contribution in [-0.4, -0.2) is 43.1 Å². The fourth-order valence-corrected chi connectivity index (χ4v) is 3.68. The van der Waals surface area contributed by atoms with Crippen LogP contribution in [-0.2, 0) is 0 Å². The van der Waals surface area contributed by atoms with Gasteiger partial charge in [-0.2, -0.15) is 0 Å². The van der Waals surface area contributed by atoms with E-state index in [1.54, 1.807) is 25.3 Å². The molecular formula is C16H21ClN2O2. The molecule has 2 heterocycles. The van der Waals surface area contributed by atoms with Gasteiger partial charge in [0.2, 0.25) is 0 Å². The molecule has 2 aliphatic heterocycles. The molecule has 3 rings (SSSR count). The number of likely N-dealkylation sites (tertiary alicyclic amines) is 1. The van der Waals surface area contributed by atoms with Gasteiger partial charge in [-0.1, -0.05) is 11.6 Å². The minimum atomic E-state index is 0.0329. The molecule has 2 saturated heterocycles. The Labute approximate surface area is 130 Å². The highest BCUT2D eigenvalue weighted by Gasteiger charge is 2.36. The smallest absolute Gasteiger partial charge is 0.257 e. The number of hydrogen-bond donors (Lipinski definition) is 1. The van der Waals surface area contributed by atoms with E-state index >= 15 is 0 Å². The standard InChI is InChI=1S/C16H21ClN2O2/c1-21-15-7-6-11(17)10-12(15)16(20)19-9-3-5-14(19)13-4-2-8-18-13/h6-7,10,13-14,18H,2-5,8-9H2,1H3. The number of halogens is 1. The molecule has 0 aromatic heterocycles. The van der Waals surface area contributed by atoms with E-state index in [1.807, 2.05) is 4.90 Å². The molecular weight excluding hydrogens is 288 g/mol. The third-order valence-corrected chi connectivity index (χ3v) is 4.75. The number of amides is 1. The van der Waals surface area contributed by atoms with E-state index < -0.39 is 0 Å². The Balaban J connectivity index is 1.85. The summed E-state index contributed by atoms with van der Waals surface area (Å²) >= 11 is 6.05. The fourth-order valence-electron chi connectivity index (χ4n) is 3.50. The van der Waals surface area contributed by atoms with Crippen LogP contribution in [0.15, 0.2) is 18.2 Å². The Kier molecular flexibility index (Phi) is 4.36. The first kappa shape index (κ1) is 14.7. The number of hydrogen-bond acceptors (Lipinski definition) is 3. The van der Waals surface area contributed by atoms with Crippen molar-refractivity contribution in [3.63, 3.8) is 0 Å². The molecule has 1 aromatic rings. The molecule has 21 heavy (non-hydrogen) atoms. The maximum Gasteiger partial charge on any atom is 0.257 e. The first-order valence-electron chi connectivity index (χ1n) is 7.58. The molecule has 0 radical (unpaired) electrons. The highest BCUT2D eigenvalue weighted by atomic mass is 35.5. The Morgan fingerprint density at radius 3 is 2.95 bits per heavy atom. The summed E-state index contributed by atoms with van der Waals surface area (Å²) in [6.07, 6.45) is 4.49. The predicted octanol–water partition coefficient (Wildman–Crippen LogP) is 2.71. The molecule has 1 amide bonds. The van der Waals surface area contributed by atoms with Gasteiger partial charge in [0.25, 0.3) is 5.91 Å². The third-order valence-electron chi connectivity index (χ3n) is 4.51. The molecule has 4 nitrogen and oxygen atoms in total. The van der Waals surface area contributed by atoms with Crippen molar-refractivity contribution >= 4 is 17.5 Å². The van der Waals surface area contributed by atoms with E-state index in [1.165, 1.54) is 6.42 Å². The first-order valence-corrected chi connectivity index (χ1v) is 7.96. The molecule has 114 valence electrons. The summed E-state index contributed by atoms with van der Waals surface area (Å²) in [6, 6.07) is 5.94. The molecule has 0 saturated carbocycles. The van der Waals surface area contributed by atoms with E-state index in [2.05, 4.69) is 5.32 Å². The minimum Gasteiger partial charge on any atom is -0.496 e. The Morgan fingerprint density at radius 1 is 1.38 bits per heavy atom. The average molecular weight is 309 g/mol. The molecule has 1 aromatic carbocycles. The van der Waals surface area contributed by atoms with Gasteiger partial charge in [-0.15, -0.1) is 0 Å². The summed E-state index contributed by atoms with van der Waals surface area (Å²) in [5.41, 5.74) is 0.565. The predicted molar refractivity (Wildman–Crippen MR) is 83.1 cm³/mol. The zero-order valence-corrected chi connectivity index (χ0v) is 13.0. The van der Waals surface area contributed by atoms with E-state index in [4.69, 9.17) is 16.3 Å². The van der Waals surface area contributed by atoms with Crippen molar-refractivity contribution in [3.8, 4) is 5.75 Å². The number of carbonyl (C=O) groups is 1. The molecule has 0 bridgehead atoms. The number of nitrogens with zero attached hydrogens (tertiary/aromatic N) is 1. The molecule has 2 fully saturated rings. The summed E-state index contributed by atoms with van der Waals surface area (Å²) in [5.74, 6) is 0.625. The van der Waals surface area contributed by atoms with Gasteiger partial charge in [-0.3, -0.25) is 4.79 Å².